The summed E-state index contributed by atoms with van der Waals surface area (Å²) in [5.41, 5.74) is 0. The molecule has 0 aliphatic carbocycles. The van der Waals surface area contributed by atoms with E-state index in [0.717, 1.165) is 11.3 Å². The van der Waals surface area contributed by atoms with Crippen LogP contribution in [0.4, 0.5) is 0 Å². The van der Waals surface area contributed by atoms with E-state index in [0.29, 0.717) is 30.6 Å². The molecule has 2 heterocycles. The number of thiophene rings is 1. The number of amides is 1. The van der Waals surface area contributed by atoms with Gasteiger partial charge >= 0.3 is 0 Å². The molecule has 0 radical (unpaired) electrons. The first-order chi connectivity index (χ1) is 10.3. The SMILES string of the molecule is CC(C)[C@H](NS(=O)(=O)c1ccc(Cl)s1)C(=O)N1CCOCC1. The van der Waals surface area contributed by atoms with Crippen LogP contribution in [0.2, 0.25) is 4.34 Å². The van der Waals surface area contributed by atoms with E-state index < -0.39 is 16.1 Å². The number of rotatable bonds is 5. The summed E-state index contributed by atoms with van der Waals surface area (Å²) in [6.45, 7) is 5.54. The number of nitrogens with one attached hydrogen (secondary N) is 1. The topological polar surface area (TPSA) is 75.7 Å². The molecular formula is C13H19ClN2O4S2. The highest BCUT2D eigenvalue weighted by Gasteiger charge is 2.32. The van der Waals surface area contributed by atoms with Gasteiger partial charge in [-0.25, -0.2) is 8.42 Å². The molecule has 1 fully saturated rings. The average molecular weight is 367 g/mol. The van der Waals surface area contributed by atoms with Gasteiger partial charge in [-0.05, 0) is 18.1 Å². The molecule has 1 aromatic rings. The Labute approximate surface area is 139 Å². The Balaban J connectivity index is 2.16. The lowest BCUT2D eigenvalue weighted by Gasteiger charge is -2.32. The Morgan fingerprint density at radius 3 is 2.50 bits per heavy atom. The Kier molecular flexibility index (Phi) is 5.84. The van der Waals surface area contributed by atoms with Crippen LogP contribution in [0, 0.1) is 5.92 Å². The minimum absolute atomic E-state index is 0.109. The minimum Gasteiger partial charge on any atom is -0.378 e. The summed E-state index contributed by atoms with van der Waals surface area (Å²) in [5, 5.41) is 0. The predicted molar refractivity (Wildman–Crippen MR) is 85.7 cm³/mol. The molecule has 0 saturated carbocycles. The normalized spacial score (nSPS) is 17.7. The lowest BCUT2D eigenvalue weighted by molar-refractivity contribution is -0.138. The second-order valence-electron chi connectivity index (χ2n) is 5.34. The van der Waals surface area contributed by atoms with E-state index in [1.165, 1.54) is 12.1 Å². The fourth-order valence-corrected chi connectivity index (χ4v) is 4.96. The molecule has 22 heavy (non-hydrogen) atoms. The molecule has 1 N–H and O–H groups in total. The second-order valence-corrected chi connectivity index (χ2v) is 9.00. The van der Waals surface area contributed by atoms with Gasteiger partial charge in [0.15, 0.2) is 0 Å². The van der Waals surface area contributed by atoms with Gasteiger partial charge in [-0.1, -0.05) is 25.4 Å². The third kappa shape index (κ3) is 4.20. The smallest absolute Gasteiger partial charge is 0.250 e. The number of morpholine rings is 1. The van der Waals surface area contributed by atoms with Crippen LogP contribution in [-0.2, 0) is 19.6 Å². The van der Waals surface area contributed by atoms with Crippen LogP contribution in [0.25, 0.3) is 0 Å². The highest BCUT2D eigenvalue weighted by molar-refractivity contribution is 7.91. The van der Waals surface area contributed by atoms with Crippen molar-refractivity contribution in [2.24, 2.45) is 5.92 Å². The molecule has 0 unspecified atom stereocenters. The van der Waals surface area contributed by atoms with Gasteiger partial charge in [-0.2, -0.15) is 4.72 Å². The summed E-state index contributed by atoms with van der Waals surface area (Å²) in [7, 11) is -3.76. The van der Waals surface area contributed by atoms with Crippen molar-refractivity contribution in [3.8, 4) is 0 Å². The van der Waals surface area contributed by atoms with Gasteiger partial charge in [0.2, 0.25) is 5.91 Å². The Bertz CT molecular complexity index is 624. The molecule has 2 rings (SSSR count). The summed E-state index contributed by atoms with van der Waals surface area (Å²) in [6.07, 6.45) is 0. The molecule has 1 aliphatic heterocycles. The van der Waals surface area contributed by atoms with Gasteiger partial charge < -0.3 is 9.64 Å². The standard InChI is InChI=1S/C13H19ClN2O4S2/c1-9(2)12(13(17)16-5-7-20-8-6-16)15-22(18,19)11-4-3-10(14)21-11/h3-4,9,12,15H,5-8H2,1-2H3/t12-/m0/s1. The number of carbonyl (C=O) groups is 1. The second kappa shape index (κ2) is 7.27. The monoisotopic (exact) mass is 366 g/mol. The lowest BCUT2D eigenvalue weighted by atomic mass is 10.0. The zero-order chi connectivity index (χ0) is 16.3. The van der Waals surface area contributed by atoms with Crippen molar-refractivity contribution in [3.63, 3.8) is 0 Å². The molecule has 6 nitrogen and oxygen atoms in total. The quantitative estimate of drug-likeness (QED) is 0.858. The highest BCUT2D eigenvalue weighted by Crippen LogP contribution is 2.26. The van der Waals surface area contributed by atoms with Crippen molar-refractivity contribution in [2.75, 3.05) is 26.3 Å². The Hall–Kier alpha value is -0.670. The summed E-state index contributed by atoms with van der Waals surface area (Å²) in [4.78, 5) is 14.2. The lowest BCUT2D eigenvalue weighted by Crippen LogP contribution is -2.53. The third-order valence-corrected chi connectivity index (χ3v) is 6.52. The molecule has 1 aliphatic rings. The largest absolute Gasteiger partial charge is 0.378 e. The first kappa shape index (κ1) is 17.7. The maximum absolute atomic E-state index is 12.6. The summed E-state index contributed by atoms with van der Waals surface area (Å²) < 4.78 is 33.0. The van der Waals surface area contributed by atoms with Gasteiger partial charge in [0.05, 0.1) is 17.6 Å². The molecule has 1 aromatic heterocycles. The Morgan fingerprint density at radius 1 is 1.36 bits per heavy atom. The van der Waals surface area contributed by atoms with Crippen LogP contribution >= 0.6 is 22.9 Å². The molecule has 0 spiro atoms. The van der Waals surface area contributed by atoms with Crippen LogP contribution in [0.15, 0.2) is 16.3 Å². The van der Waals surface area contributed by atoms with Crippen molar-refractivity contribution in [2.45, 2.75) is 24.1 Å². The molecule has 0 bridgehead atoms. The van der Waals surface area contributed by atoms with E-state index in [1.807, 2.05) is 13.8 Å². The fourth-order valence-electron chi connectivity index (χ4n) is 2.12. The molecule has 1 atom stereocenters. The molecule has 1 amide bonds. The number of sulfonamides is 1. The maximum Gasteiger partial charge on any atom is 0.250 e. The minimum atomic E-state index is -3.76. The predicted octanol–water partition coefficient (Wildman–Crippen LogP) is 1.56. The van der Waals surface area contributed by atoms with Gasteiger partial charge in [-0.15, -0.1) is 11.3 Å². The number of carbonyl (C=O) groups excluding carboxylic acids is 1. The van der Waals surface area contributed by atoms with Gasteiger partial charge in [0.25, 0.3) is 10.0 Å². The summed E-state index contributed by atoms with van der Waals surface area (Å²) in [6, 6.07) is 2.16. The van der Waals surface area contributed by atoms with E-state index in [-0.39, 0.29) is 16.0 Å². The molecule has 1 saturated heterocycles. The first-order valence-electron chi connectivity index (χ1n) is 6.95. The molecule has 124 valence electrons. The van der Waals surface area contributed by atoms with Crippen LogP contribution in [0.3, 0.4) is 0 Å². The third-order valence-electron chi connectivity index (χ3n) is 3.35. The zero-order valence-corrected chi connectivity index (χ0v) is 14.8. The van der Waals surface area contributed by atoms with E-state index in [4.69, 9.17) is 16.3 Å². The maximum atomic E-state index is 12.6. The van der Waals surface area contributed by atoms with Gasteiger partial charge in [0.1, 0.15) is 10.3 Å². The molecule has 9 heteroatoms. The van der Waals surface area contributed by atoms with Crippen LogP contribution in [-0.4, -0.2) is 51.6 Å². The Morgan fingerprint density at radius 2 is 2.00 bits per heavy atom. The number of nitrogens with zero attached hydrogens (tertiary/aromatic N) is 1. The van der Waals surface area contributed by atoms with E-state index in [1.54, 1.807) is 4.90 Å². The van der Waals surface area contributed by atoms with Gasteiger partial charge in [0, 0.05) is 13.1 Å². The van der Waals surface area contributed by atoms with E-state index in [2.05, 4.69) is 4.72 Å². The average Bonchev–Trinajstić information content (AvgIpc) is 2.92. The van der Waals surface area contributed by atoms with Crippen molar-refractivity contribution >= 4 is 38.9 Å². The van der Waals surface area contributed by atoms with E-state index >= 15 is 0 Å². The molecule has 0 aromatic carbocycles. The van der Waals surface area contributed by atoms with Crippen molar-refractivity contribution in [1.82, 2.24) is 9.62 Å². The van der Waals surface area contributed by atoms with Crippen molar-refractivity contribution in [3.05, 3.63) is 16.5 Å². The summed E-state index contributed by atoms with van der Waals surface area (Å²) >= 11 is 6.75. The number of hydrogen-bond acceptors (Lipinski definition) is 5. The van der Waals surface area contributed by atoms with Crippen LogP contribution in [0.5, 0.6) is 0 Å². The zero-order valence-electron chi connectivity index (χ0n) is 12.4. The van der Waals surface area contributed by atoms with Crippen molar-refractivity contribution in [1.29, 1.82) is 0 Å². The number of halogens is 1. The molecular weight excluding hydrogens is 348 g/mol. The van der Waals surface area contributed by atoms with Gasteiger partial charge in [-0.3, -0.25) is 4.79 Å². The van der Waals surface area contributed by atoms with Crippen LogP contribution in [0.1, 0.15) is 13.8 Å². The van der Waals surface area contributed by atoms with Crippen LogP contribution < -0.4 is 4.72 Å². The van der Waals surface area contributed by atoms with E-state index in [9.17, 15) is 13.2 Å². The highest BCUT2D eigenvalue weighted by atomic mass is 35.5. The number of hydrogen-bond donors (Lipinski definition) is 1. The van der Waals surface area contributed by atoms with Crippen molar-refractivity contribution < 1.29 is 17.9 Å². The fraction of sp³-hybridized carbons (Fsp3) is 0.615. The number of ether oxygens (including phenoxy) is 1. The summed E-state index contributed by atoms with van der Waals surface area (Å²) in [5.74, 6) is -0.384. The first-order valence-corrected chi connectivity index (χ1v) is 9.63.